The number of hydrogen-bond donors (Lipinski definition) is 1. The summed E-state index contributed by atoms with van der Waals surface area (Å²) in [5.74, 6) is 0.407. The summed E-state index contributed by atoms with van der Waals surface area (Å²) in [6.45, 7) is 0. The monoisotopic (exact) mass is 363 g/mol. The van der Waals surface area contributed by atoms with Gasteiger partial charge in [-0.2, -0.15) is 0 Å². The molecular formula is C17H15BrClNO. The maximum atomic E-state index is 12.5. The highest BCUT2D eigenvalue weighted by atomic mass is 79.9. The number of rotatable bonds is 4. The first-order chi connectivity index (χ1) is 10.1. The van der Waals surface area contributed by atoms with E-state index in [4.69, 9.17) is 11.6 Å². The molecule has 0 heterocycles. The number of benzene rings is 2. The molecule has 0 saturated heterocycles. The van der Waals surface area contributed by atoms with E-state index >= 15 is 0 Å². The minimum atomic E-state index is -0.123. The zero-order valence-corrected chi connectivity index (χ0v) is 13.7. The molecule has 3 rings (SSSR count). The van der Waals surface area contributed by atoms with E-state index in [2.05, 4.69) is 33.4 Å². The smallest absolute Gasteiger partial charge is 0.253 e. The van der Waals surface area contributed by atoms with Gasteiger partial charge in [-0.05, 0) is 42.5 Å². The van der Waals surface area contributed by atoms with Crippen molar-refractivity contribution < 1.29 is 4.79 Å². The van der Waals surface area contributed by atoms with Crippen LogP contribution < -0.4 is 5.32 Å². The van der Waals surface area contributed by atoms with Crippen molar-refractivity contribution in [3.8, 4) is 0 Å². The third-order valence-electron chi connectivity index (χ3n) is 3.71. The molecule has 1 saturated carbocycles. The summed E-state index contributed by atoms with van der Waals surface area (Å²) in [5, 5.41) is 3.61. The Morgan fingerprint density at radius 3 is 2.57 bits per heavy atom. The van der Waals surface area contributed by atoms with Gasteiger partial charge >= 0.3 is 0 Å². The van der Waals surface area contributed by atoms with Crippen LogP contribution in [0.4, 0.5) is 0 Å². The molecule has 1 amide bonds. The van der Waals surface area contributed by atoms with E-state index in [1.165, 1.54) is 0 Å². The first kappa shape index (κ1) is 14.6. The molecule has 0 bridgehead atoms. The third kappa shape index (κ3) is 3.47. The second kappa shape index (κ2) is 6.20. The van der Waals surface area contributed by atoms with Crippen molar-refractivity contribution in [3.05, 3.63) is 69.2 Å². The molecule has 0 spiro atoms. The average molecular weight is 365 g/mol. The van der Waals surface area contributed by atoms with E-state index in [9.17, 15) is 4.79 Å². The van der Waals surface area contributed by atoms with Crippen LogP contribution >= 0.6 is 27.5 Å². The van der Waals surface area contributed by atoms with E-state index < -0.39 is 0 Å². The first-order valence-electron chi connectivity index (χ1n) is 6.96. The number of carbonyl (C=O) groups is 1. The average Bonchev–Trinajstić information content (AvgIpc) is 3.32. The molecule has 0 aliphatic heterocycles. The van der Waals surface area contributed by atoms with Crippen LogP contribution in [0.2, 0.25) is 5.02 Å². The van der Waals surface area contributed by atoms with Crippen molar-refractivity contribution in [2.75, 3.05) is 0 Å². The van der Waals surface area contributed by atoms with Gasteiger partial charge in [-0.3, -0.25) is 4.79 Å². The Labute approximate surface area is 137 Å². The quantitative estimate of drug-likeness (QED) is 0.814. The maximum absolute atomic E-state index is 12.5. The van der Waals surface area contributed by atoms with Gasteiger partial charge in [0.15, 0.2) is 0 Å². The Balaban J connectivity index is 1.83. The van der Waals surface area contributed by atoms with E-state index in [-0.39, 0.29) is 11.9 Å². The summed E-state index contributed by atoms with van der Waals surface area (Å²) in [7, 11) is 0. The van der Waals surface area contributed by atoms with Gasteiger partial charge < -0.3 is 5.32 Å². The minimum Gasteiger partial charge on any atom is -0.345 e. The Bertz CT molecular complexity index is 655. The predicted molar refractivity (Wildman–Crippen MR) is 88.5 cm³/mol. The summed E-state index contributed by atoms with van der Waals surface area (Å²) in [6.07, 6.45) is 2.32. The van der Waals surface area contributed by atoms with Gasteiger partial charge in [-0.25, -0.2) is 0 Å². The van der Waals surface area contributed by atoms with Crippen LogP contribution in [0.5, 0.6) is 0 Å². The first-order valence-corrected chi connectivity index (χ1v) is 8.13. The molecule has 1 unspecified atom stereocenters. The molecule has 1 N–H and O–H groups in total. The Kier molecular flexibility index (Phi) is 4.32. The SMILES string of the molecule is O=C(NC(c1ccccc1)C1CC1)c1cc(Br)ccc1Cl. The van der Waals surface area contributed by atoms with Gasteiger partial charge in [0.25, 0.3) is 5.91 Å². The third-order valence-corrected chi connectivity index (χ3v) is 4.53. The van der Waals surface area contributed by atoms with Crippen LogP contribution in [-0.4, -0.2) is 5.91 Å². The van der Waals surface area contributed by atoms with Gasteiger partial charge in [0, 0.05) is 4.47 Å². The normalized spacial score (nSPS) is 15.5. The fraction of sp³-hybridized carbons (Fsp3) is 0.235. The summed E-state index contributed by atoms with van der Waals surface area (Å²) < 4.78 is 0.847. The lowest BCUT2D eigenvalue weighted by Gasteiger charge is -2.19. The molecule has 2 aromatic rings. The van der Waals surface area contributed by atoms with E-state index in [1.807, 2.05) is 24.3 Å². The van der Waals surface area contributed by atoms with Crippen molar-refractivity contribution in [1.82, 2.24) is 5.32 Å². The fourth-order valence-electron chi connectivity index (χ4n) is 2.45. The number of halogens is 2. The van der Waals surface area contributed by atoms with Crippen molar-refractivity contribution in [3.63, 3.8) is 0 Å². The minimum absolute atomic E-state index is 0.0637. The molecule has 1 fully saturated rings. The van der Waals surface area contributed by atoms with Crippen molar-refractivity contribution in [1.29, 1.82) is 0 Å². The number of carbonyl (C=O) groups excluding carboxylic acids is 1. The predicted octanol–water partition coefficient (Wildman–Crippen LogP) is 4.98. The topological polar surface area (TPSA) is 29.1 Å². The lowest BCUT2D eigenvalue weighted by molar-refractivity contribution is 0.0932. The van der Waals surface area contributed by atoms with Gasteiger partial charge in [-0.1, -0.05) is 57.9 Å². The Morgan fingerprint density at radius 2 is 1.90 bits per heavy atom. The summed E-state index contributed by atoms with van der Waals surface area (Å²) in [4.78, 5) is 12.5. The van der Waals surface area contributed by atoms with Crippen LogP contribution in [0, 0.1) is 5.92 Å². The molecule has 1 aliphatic rings. The Hall–Kier alpha value is -1.32. The van der Waals surface area contributed by atoms with Crippen LogP contribution in [0.25, 0.3) is 0 Å². The van der Waals surface area contributed by atoms with Crippen molar-refractivity contribution in [2.45, 2.75) is 18.9 Å². The zero-order valence-electron chi connectivity index (χ0n) is 11.4. The second-order valence-electron chi connectivity index (χ2n) is 5.32. The van der Waals surface area contributed by atoms with E-state index in [0.29, 0.717) is 16.5 Å². The molecule has 0 radical (unpaired) electrons. The molecular weight excluding hydrogens is 350 g/mol. The molecule has 4 heteroatoms. The molecule has 0 aromatic heterocycles. The maximum Gasteiger partial charge on any atom is 0.253 e. The second-order valence-corrected chi connectivity index (χ2v) is 6.65. The lowest BCUT2D eigenvalue weighted by atomic mass is 10.0. The van der Waals surface area contributed by atoms with Gasteiger partial charge in [0.05, 0.1) is 16.6 Å². The summed E-state index contributed by atoms with van der Waals surface area (Å²) in [5.41, 5.74) is 1.66. The van der Waals surface area contributed by atoms with Gasteiger partial charge in [0.2, 0.25) is 0 Å². The van der Waals surface area contributed by atoms with Crippen molar-refractivity contribution >= 4 is 33.4 Å². The summed E-state index contributed by atoms with van der Waals surface area (Å²) >= 11 is 9.51. The van der Waals surface area contributed by atoms with Crippen molar-refractivity contribution in [2.24, 2.45) is 5.92 Å². The van der Waals surface area contributed by atoms with Crippen LogP contribution in [-0.2, 0) is 0 Å². The molecule has 2 nitrogen and oxygen atoms in total. The van der Waals surface area contributed by atoms with Crippen LogP contribution in [0.3, 0.4) is 0 Å². The number of hydrogen-bond acceptors (Lipinski definition) is 1. The molecule has 21 heavy (non-hydrogen) atoms. The highest BCUT2D eigenvalue weighted by Gasteiger charge is 2.33. The highest BCUT2D eigenvalue weighted by Crippen LogP contribution is 2.41. The molecule has 108 valence electrons. The summed E-state index contributed by atoms with van der Waals surface area (Å²) in [6, 6.07) is 15.5. The van der Waals surface area contributed by atoms with Crippen LogP contribution in [0.1, 0.15) is 34.8 Å². The lowest BCUT2D eigenvalue weighted by Crippen LogP contribution is -2.30. The molecule has 2 aromatic carbocycles. The van der Waals surface area contributed by atoms with Crippen LogP contribution in [0.15, 0.2) is 53.0 Å². The molecule has 1 atom stereocenters. The largest absolute Gasteiger partial charge is 0.345 e. The van der Waals surface area contributed by atoms with Gasteiger partial charge in [-0.15, -0.1) is 0 Å². The Morgan fingerprint density at radius 1 is 1.19 bits per heavy atom. The standard InChI is InChI=1S/C17H15BrClNO/c18-13-8-9-15(19)14(10-13)17(21)20-16(12-6-7-12)11-4-2-1-3-5-11/h1-5,8-10,12,16H,6-7H2,(H,20,21). The molecule has 1 aliphatic carbocycles. The zero-order chi connectivity index (χ0) is 14.8. The fourth-order valence-corrected chi connectivity index (χ4v) is 3.02. The van der Waals surface area contributed by atoms with Gasteiger partial charge in [0.1, 0.15) is 0 Å². The number of nitrogens with one attached hydrogen (secondary N) is 1. The highest BCUT2D eigenvalue weighted by molar-refractivity contribution is 9.10. The van der Waals surface area contributed by atoms with E-state index in [1.54, 1.807) is 12.1 Å². The van der Waals surface area contributed by atoms with E-state index in [0.717, 1.165) is 22.9 Å². The number of amides is 1.